The molecular formula is C22H22. The number of allylic oxidation sites excluding steroid dienone is 6. The maximum Gasteiger partial charge on any atom is -0.0118 e. The van der Waals surface area contributed by atoms with Gasteiger partial charge in [0.05, 0.1) is 0 Å². The van der Waals surface area contributed by atoms with Crippen LogP contribution in [0, 0.1) is 12.8 Å². The van der Waals surface area contributed by atoms with Crippen LogP contribution in [0.2, 0.25) is 0 Å². The Hall–Kier alpha value is -2.08. The minimum Gasteiger partial charge on any atom is -0.0842 e. The van der Waals surface area contributed by atoms with Crippen molar-refractivity contribution in [3.63, 3.8) is 0 Å². The molecule has 1 unspecified atom stereocenters. The van der Waals surface area contributed by atoms with E-state index < -0.39 is 0 Å². The normalized spacial score (nSPS) is 21.0. The van der Waals surface area contributed by atoms with Crippen molar-refractivity contribution in [3.05, 3.63) is 76.9 Å². The third kappa shape index (κ3) is 2.23. The van der Waals surface area contributed by atoms with E-state index in [2.05, 4.69) is 68.5 Å². The van der Waals surface area contributed by atoms with Crippen molar-refractivity contribution in [2.45, 2.75) is 33.1 Å². The molecule has 0 spiro atoms. The van der Waals surface area contributed by atoms with Gasteiger partial charge in [-0.25, -0.2) is 0 Å². The van der Waals surface area contributed by atoms with Crippen LogP contribution in [0.25, 0.3) is 16.3 Å². The van der Waals surface area contributed by atoms with Gasteiger partial charge in [-0.05, 0) is 83.7 Å². The summed E-state index contributed by atoms with van der Waals surface area (Å²) in [5, 5.41) is 2.69. The van der Waals surface area contributed by atoms with Gasteiger partial charge in [-0.3, -0.25) is 0 Å². The van der Waals surface area contributed by atoms with Gasteiger partial charge < -0.3 is 0 Å². The van der Waals surface area contributed by atoms with Crippen LogP contribution in [0.1, 0.15) is 37.3 Å². The lowest BCUT2D eigenvalue weighted by Crippen LogP contribution is -2.12. The zero-order valence-corrected chi connectivity index (χ0v) is 13.4. The van der Waals surface area contributed by atoms with Gasteiger partial charge in [0, 0.05) is 0 Å². The van der Waals surface area contributed by atoms with Crippen LogP contribution in [0.15, 0.2) is 65.8 Å². The maximum absolute atomic E-state index is 2.41. The van der Waals surface area contributed by atoms with Crippen LogP contribution >= 0.6 is 0 Å². The Balaban J connectivity index is 1.86. The molecule has 0 saturated heterocycles. The fourth-order valence-corrected chi connectivity index (χ4v) is 3.95. The van der Waals surface area contributed by atoms with Gasteiger partial charge in [0.15, 0.2) is 0 Å². The Bertz CT molecular complexity index is 830. The summed E-state index contributed by atoms with van der Waals surface area (Å²) in [5.74, 6) is 0.717. The van der Waals surface area contributed by atoms with E-state index in [0.717, 1.165) is 5.92 Å². The number of aryl methyl sites for hydroxylation is 1. The average molecular weight is 286 g/mol. The van der Waals surface area contributed by atoms with E-state index >= 15 is 0 Å². The number of rotatable bonds is 1. The lowest BCUT2D eigenvalue weighted by atomic mass is 9.76. The van der Waals surface area contributed by atoms with Crippen molar-refractivity contribution in [1.82, 2.24) is 0 Å². The van der Waals surface area contributed by atoms with Gasteiger partial charge in [0.25, 0.3) is 0 Å². The van der Waals surface area contributed by atoms with Crippen molar-refractivity contribution in [3.8, 4) is 0 Å². The lowest BCUT2D eigenvalue weighted by molar-refractivity contribution is 0.570. The summed E-state index contributed by atoms with van der Waals surface area (Å²) in [4.78, 5) is 0. The third-order valence-electron chi connectivity index (χ3n) is 5.19. The largest absolute Gasteiger partial charge is 0.0842 e. The van der Waals surface area contributed by atoms with Gasteiger partial charge in [0.2, 0.25) is 0 Å². The molecule has 2 aromatic carbocycles. The topological polar surface area (TPSA) is 0 Å². The predicted octanol–water partition coefficient (Wildman–Crippen LogP) is 6.22. The van der Waals surface area contributed by atoms with E-state index in [-0.39, 0.29) is 0 Å². The first-order chi connectivity index (χ1) is 10.7. The first-order valence-electron chi connectivity index (χ1n) is 8.30. The van der Waals surface area contributed by atoms with E-state index in [1.165, 1.54) is 52.3 Å². The second-order valence-corrected chi connectivity index (χ2v) is 6.70. The summed E-state index contributed by atoms with van der Waals surface area (Å²) < 4.78 is 0. The molecule has 110 valence electrons. The van der Waals surface area contributed by atoms with Crippen molar-refractivity contribution in [2.75, 3.05) is 0 Å². The summed E-state index contributed by atoms with van der Waals surface area (Å²) in [5.41, 5.74) is 7.37. The van der Waals surface area contributed by atoms with Crippen LogP contribution in [0.3, 0.4) is 0 Å². The molecule has 0 heterocycles. The van der Waals surface area contributed by atoms with E-state index in [9.17, 15) is 0 Å². The summed E-state index contributed by atoms with van der Waals surface area (Å²) in [6.45, 7) is 4.53. The number of hydrogen-bond donors (Lipinski definition) is 0. The zero-order chi connectivity index (χ0) is 15.1. The van der Waals surface area contributed by atoms with Crippen molar-refractivity contribution >= 4 is 16.3 Å². The molecular weight excluding hydrogens is 264 g/mol. The van der Waals surface area contributed by atoms with Crippen LogP contribution < -0.4 is 0 Å². The highest BCUT2D eigenvalue weighted by Crippen LogP contribution is 2.41. The first kappa shape index (κ1) is 13.6. The quantitative estimate of drug-likeness (QED) is 0.584. The number of benzene rings is 2. The molecule has 2 aromatic rings. The third-order valence-corrected chi connectivity index (χ3v) is 5.19. The molecule has 2 aliphatic rings. The van der Waals surface area contributed by atoms with Crippen molar-refractivity contribution in [2.24, 2.45) is 5.92 Å². The van der Waals surface area contributed by atoms with Gasteiger partial charge in [-0.2, -0.15) is 0 Å². The minimum atomic E-state index is 0.717. The predicted molar refractivity (Wildman–Crippen MR) is 95.8 cm³/mol. The standard InChI is InChI=1S/C22H22/c1-15-11-17-7-3-5-9-19(17)13-21(15)22-14-20-10-6-4-8-18(20)12-16(22)2/h3-5,7-9,11-13,20H,6,10,14H2,1-2H3. The molecule has 0 amide bonds. The maximum atomic E-state index is 2.41. The van der Waals surface area contributed by atoms with Gasteiger partial charge >= 0.3 is 0 Å². The molecule has 0 fully saturated rings. The Labute approximate surface area is 132 Å². The van der Waals surface area contributed by atoms with Crippen LogP contribution in [0.4, 0.5) is 0 Å². The highest BCUT2D eigenvalue weighted by atomic mass is 14.3. The van der Waals surface area contributed by atoms with Crippen LogP contribution in [0.5, 0.6) is 0 Å². The molecule has 1 atom stereocenters. The Morgan fingerprint density at radius 1 is 1.00 bits per heavy atom. The molecule has 0 aromatic heterocycles. The Morgan fingerprint density at radius 2 is 1.77 bits per heavy atom. The number of hydrogen-bond acceptors (Lipinski definition) is 0. The smallest absolute Gasteiger partial charge is 0.0118 e. The second-order valence-electron chi connectivity index (χ2n) is 6.70. The molecule has 0 aliphatic heterocycles. The van der Waals surface area contributed by atoms with Crippen molar-refractivity contribution in [1.29, 1.82) is 0 Å². The van der Waals surface area contributed by atoms with Crippen LogP contribution in [-0.2, 0) is 0 Å². The average Bonchev–Trinajstić information content (AvgIpc) is 2.54. The molecule has 0 heteroatoms. The molecule has 2 aliphatic carbocycles. The van der Waals surface area contributed by atoms with Crippen LogP contribution in [-0.4, -0.2) is 0 Å². The van der Waals surface area contributed by atoms with E-state index in [1.807, 2.05) is 0 Å². The molecule has 0 bridgehead atoms. The fraction of sp³-hybridized carbons (Fsp3) is 0.273. The summed E-state index contributed by atoms with van der Waals surface area (Å²) in [7, 11) is 0. The van der Waals surface area contributed by atoms with Gasteiger partial charge in [0.1, 0.15) is 0 Å². The van der Waals surface area contributed by atoms with Gasteiger partial charge in [-0.1, -0.05) is 48.6 Å². The summed E-state index contributed by atoms with van der Waals surface area (Å²) in [6, 6.07) is 13.4. The summed E-state index contributed by atoms with van der Waals surface area (Å²) in [6.07, 6.45) is 10.8. The Kier molecular flexibility index (Phi) is 3.26. The molecule has 0 nitrogen and oxygen atoms in total. The second kappa shape index (κ2) is 5.28. The highest BCUT2D eigenvalue weighted by Gasteiger charge is 2.23. The SMILES string of the molecule is CC1=C(c2cc3ccccc3cc2C)CC2CCC=CC2=C1. The molecule has 0 N–H and O–H groups in total. The molecule has 0 radical (unpaired) electrons. The van der Waals surface area contributed by atoms with E-state index in [4.69, 9.17) is 0 Å². The molecule has 4 rings (SSSR count). The lowest BCUT2D eigenvalue weighted by Gasteiger charge is -2.29. The monoisotopic (exact) mass is 286 g/mol. The van der Waals surface area contributed by atoms with E-state index in [0.29, 0.717) is 0 Å². The minimum absolute atomic E-state index is 0.717. The summed E-state index contributed by atoms with van der Waals surface area (Å²) >= 11 is 0. The highest BCUT2D eigenvalue weighted by molar-refractivity contribution is 5.89. The molecule has 0 saturated carbocycles. The van der Waals surface area contributed by atoms with Gasteiger partial charge in [-0.15, -0.1) is 0 Å². The number of fused-ring (bicyclic) bond motifs is 2. The van der Waals surface area contributed by atoms with E-state index in [1.54, 1.807) is 5.57 Å². The zero-order valence-electron chi connectivity index (χ0n) is 13.4. The Morgan fingerprint density at radius 3 is 2.59 bits per heavy atom. The first-order valence-corrected chi connectivity index (χ1v) is 8.30. The van der Waals surface area contributed by atoms with Crippen molar-refractivity contribution < 1.29 is 0 Å². The molecule has 22 heavy (non-hydrogen) atoms. The fourth-order valence-electron chi connectivity index (χ4n) is 3.95.